The van der Waals surface area contributed by atoms with Gasteiger partial charge < -0.3 is 4.74 Å². The minimum Gasteiger partial charge on any atom is -0.494 e. The van der Waals surface area contributed by atoms with Gasteiger partial charge in [0, 0.05) is 6.07 Å². The zero-order valence-electron chi connectivity index (χ0n) is 9.78. The highest BCUT2D eigenvalue weighted by Crippen LogP contribution is 2.31. The number of ether oxygens (including phenoxy) is 1. The number of azo groups is 1. The number of nitrogens with zero attached hydrogens (tertiary/aromatic N) is 3. The maximum absolute atomic E-state index is 10.5. The Kier molecular flexibility index (Phi) is 3.76. The lowest BCUT2D eigenvalue weighted by molar-refractivity contribution is 0.416. The molecular formula is C13H11N3O2. The standard InChI is InChI=1S/C13H11N3O2/c1-18-13-9-11(7-8-12(13)16-17)15-14-10-5-3-2-4-6-10/h2-9H,1H3. The van der Waals surface area contributed by atoms with Crippen LogP contribution in [0.15, 0.2) is 63.9 Å². The third-order valence-corrected chi connectivity index (χ3v) is 2.30. The SMILES string of the molecule is COc1cc(N=Nc2ccccc2)ccc1N=O. The molecule has 0 atom stereocenters. The van der Waals surface area contributed by atoms with Gasteiger partial charge in [-0.3, -0.25) is 0 Å². The molecule has 0 aliphatic rings. The van der Waals surface area contributed by atoms with Crippen LogP contribution in [-0.2, 0) is 0 Å². The molecule has 0 heterocycles. The van der Waals surface area contributed by atoms with E-state index in [1.165, 1.54) is 7.11 Å². The second kappa shape index (κ2) is 5.67. The third kappa shape index (κ3) is 2.76. The topological polar surface area (TPSA) is 63.4 Å². The highest BCUT2D eigenvalue weighted by molar-refractivity contribution is 5.58. The Morgan fingerprint density at radius 3 is 2.33 bits per heavy atom. The van der Waals surface area contributed by atoms with Gasteiger partial charge in [-0.05, 0) is 29.4 Å². The summed E-state index contributed by atoms with van der Waals surface area (Å²) in [4.78, 5) is 10.5. The number of benzene rings is 2. The molecule has 5 heteroatoms. The molecule has 0 saturated heterocycles. The fourth-order valence-corrected chi connectivity index (χ4v) is 1.41. The van der Waals surface area contributed by atoms with E-state index in [-0.39, 0.29) is 5.69 Å². The van der Waals surface area contributed by atoms with E-state index >= 15 is 0 Å². The molecule has 2 aromatic rings. The van der Waals surface area contributed by atoms with Crippen molar-refractivity contribution in [1.82, 2.24) is 0 Å². The molecule has 2 aromatic carbocycles. The Morgan fingerprint density at radius 2 is 1.67 bits per heavy atom. The first kappa shape index (κ1) is 11.9. The molecule has 90 valence electrons. The van der Waals surface area contributed by atoms with Gasteiger partial charge in [0.15, 0.2) is 0 Å². The van der Waals surface area contributed by atoms with E-state index in [1.807, 2.05) is 30.3 Å². The van der Waals surface area contributed by atoms with Gasteiger partial charge in [0.1, 0.15) is 11.4 Å². The molecule has 0 bridgehead atoms. The van der Waals surface area contributed by atoms with Crippen molar-refractivity contribution in [2.45, 2.75) is 0 Å². The molecule has 18 heavy (non-hydrogen) atoms. The van der Waals surface area contributed by atoms with Gasteiger partial charge in [-0.15, -0.1) is 4.91 Å². The monoisotopic (exact) mass is 241 g/mol. The molecule has 0 aromatic heterocycles. The summed E-state index contributed by atoms with van der Waals surface area (Å²) >= 11 is 0. The van der Waals surface area contributed by atoms with Crippen molar-refractivity contribution in [3.63, 3.8) is 0 Å². The van der Waals surface area contributed by atoms with Crippen molar-refractivity contribution in [1.29, 1.82) is 0 Å². The van der Waals surface area contributed by atoms with Gasteiger partial charge >= 0.3 is 0 Å². The van der Waals surface area contributed by atoms with Crippen LogP contribution >= 0.6 is 0 Å². The Bertz CT molecular complexity index is 568. The lowest BCUT2D eigenvalue weighted by atomic mass is 10.2. The molecule has 5 nitrogen and oxygen atoms in total. The lowest BCUT2D eigenvalue weighted by Crippen LogP contribution is -1.82. The van der Waals surface area contributed by atoms with Crippen LogP contribution in [0.4, 0.5) is 17.1 Å². The summed E-state index contributed by atoms with van der Waals surface area (Å²) in [5.74, 6) is 0.384. The van der Waals surface area contributed by atoms with Crippen molar-refractivity contribution < 1.29 is 4.74 Å². The summed E-state index contributed by atoms with van der Waals surface area (Å²) in [6.07, 6.45) is 0. The van der Waals surface area contributed by atoms with Crippen molar-refractivity contribution in [2.75, 3.05) is 7.11 Å². The van der Waals surface area contributed by atoms with Crippen LogP contribution in [0.1, 0.15) is 0 Å². The summed E-state index contributed by atoms with van der Waals surface area (Å²) in [5.41, 5.74) is 1.60. The van der Waals surface area contributed by atoms with Crippen molar-refractivity contribution in [3.05, 3.63) is 53.4 Å². The van der Waals surface area contributed by atoms with Crippen LogP contribution in [0.3, 0.4) is 0 Å². The smallest absolute Gasteiger partial charge is 0.150 e. The molecule has 0 unspecified atom stereocenters. The highest BCUT2D eigenvalue weighted by atomic mass is 16.5. The summed E-state index contributed by atoms with van der Waals surface area (Å²) in [6, 6.07) is 14.2. The molecule has 0 amide bonds. The van der Waals surface area contributed by atoms with Crippen LogP contribution in [0.5, 0.6) is 5.75 Å². The van der Waals surface area contributed by atoms with Crippen LogP contribution in [-0.4, -0.2) is 7.11 Å². The van der Waals surface area contributed by atoms with Crippen LogP contribution in [0.25, 0.3) is 0 Å². The largest absolute Gasteiger partial charge is 0.494 e. The third-order valence-electron chi connectivity index (χ3n) is 2.30. The molecule has 0 fully saturated rings. The zero-order valence-corrected chi connectivity index (χ0v) is 9.78. The predicted octanol–water partition coefficient (Wildman–Crippen LogP) is 4.51. The number of hydrogen-bond donors (Lipinski definition) is 0. The molecule has 0 saturated carbocycles. The minimum absolute atomic E-state index is 0.246. The van der Waals surface area contributed by atoms with Crippen molar-refractivity contribution >= 4 is 17.1 Å². The fourth-order valence-electron chi connectivity index (χ4n) is 1.41. The van der Waals surface area contributed by atoms with Gasteiger partial charge in [0.2, 0.25) is 0 Å². The van der Waals surface area contributed by atoms with E-state index in [4.69, 9.17) is 4.74 Å². The molecule has 0 aliphatic carbocycles. The normalized spacial score (nSPS) is 10.5. The van der Waals surface area contributed by atoms with E-state index in [0.29, 0.717) is 11.4 Å². The van der Waals surface area contributed by atoms with Gasteiger partial charge in [0.25, 0.3) is 0 Å². The number of hydrogen-bond acceptors (Lipinski definition) is 5. The first-order chi connectivity index (χ1) is 8.83. The fraction of sp³-hybridized carbons (Fsp3) is 0.0769. The first-order valence-electron chi connectivity index (χ1n) is 5.31. The van der Waals surface area contributed by atoms with Crippen molar-refractivity contribution in [2.24, 2.45) is 15.4 Å². The number of nitroso groups, excluding NO2 is 1. The second-order valence-electron chi connectivity index (χ2n) is 3.48. The number of methoxy groups -OCH3 is 1. The Balaban J connectivity index is 2.25. The van der Waals surface area contributed by atoms with Gasteiger partial charge in [-0.1, -0.05) is 18.2 Å². The van der Waals surface area contributed by atoms with Gasteiger partial charge in [-0.25, -0.2) is 0 Å². The predicted molar refractivity (Wildman–Crippen MR) is 69.1 cm³/mol. The molecule has 0 N–H and O–H groups in total. The molecular weight excluding hydrogens is 230 g/mol. The average molecular weight is 241 g/mol. The van der Waals surface area contributed by atoms with Gasteiger partial charge in [0.05, 0.1) is 18.5 Å². The lowest BCUT2D eigenvalue weighted by Gasteiger charge is -2.02. The van der Waals surface area contributed by atoms with E-state index < -0.39 is 0 Å². The second-order valence-corrected chi connectivity index (χ2v) is 3.48. The first-order valence-corrected chi connectivity index (χ1v) is 5.31. The maximum atomic E-state index is 10.5. The van der Waals surface area contributed by atoms with E-state index in [1.54, 1.807) is 18.2 Å². The quantitative estimate of drug-likeness (QED) is 0.584. The van der Waals surface area contributed by atoms with Crippen LogP contribution < -0.4 is 4.74 Å². The van der Waals surface area contributed by atoms with Crippen molar-refractivity contribution in [3.8, 4) is 5.75 Å². The van der Waals surface area contributed by atoms with Crippen LogP contribution in [0, 0.1) is 4.91 Å². The van der Waals surface area contributed by atoms with E-state index in [0.717, 1.165) is 5.69 Å². The summed E-state index contributed by atoms with van der Waals surface area (Å²) < 4.78 is 5.03. The van der Waals surface area contributed by atoms with Crippen LogP contribution in [0.2, 0.25) is 0 Å². The minimum atomic E-state index is 0.246. The molecule has 0 radical (unpaired) electrons. The summed E-state index contributed by atoms with van der Waals surface area (Å²) in [6.45, 7) is 0. The summed E-state index contributed by atoms with van der Waals surface area (Å²) in [7, 11) is 1.47. The Labute approximate surface area is 104 Å². The maximum Gasteiger partial charge on any atom is 0.150 e. The Morgan fingerprint density at radius 1 is 0.944 bits per heavy atom. The number of rotatable bonds is 4. The van der Waals surface area contributed by atoms with E-state index in [2.05, 4.69) is 15.4 Å². The van der Waals surface area contributed by atoms with E-state index in [9.17, 15) is 4.91 Å². The Hall–Kier alpha value is -2.56. The highest BCUT2D eigenvalue weighted by Gasteiger charge is 2.03. The zero-order chi connectivity index (χ0) is 12.8. The molecule has 0 aliphatic heterocycles. The summed E-state index contributed by atoms with van der Waals surface area (Å²) in [5, 5.41) is 11.0. The average Bonchev–Trinajstić information content (AvgIpc) is 2.45. The molecule has 2 rings (SSSR count). The van der Waals surface area contributed by atoms with Gasteiger partial charge in [-0.2, -0.15) is 10.2 Å². The molecule has 0 spiro atoms.